The number of methoxy groups -OCH3 is 6. The van der Waals surface area contributed by atoms with E-state index in [2.05, 4.69) is 6.07 Å². The number of hydrogen-bond acceptors (Lipinski definition) is 9. The fraction of sp³-hybridized carbons (Fsp3) is 0.314. The topological polar surface area (TPSA) is 83.1 Å². The molecule has 0 N–H and O–H groups in total. The van der Waals surface area contributed by atoms with Crippen molar-refractivity contribution in [3.63, 3.8) is 0 Å². The van der Waals surface area contributed by atoms with Crippen molar-refractivity contribution in [2.75, 3.05) is 49.5 Å². The minimum atomic E-state index is 0.184. The fourth-order valence-corrected chi connectivity index (χ4v) is 5.25. The molecule has 0 atom stereocenters. The molecule has 9 heteroatoms. The summed E-state index contributed by atoms with van der Waals surface area (Å²) in [6, 6.07) is 19.7. The maximum Gasteiger partial charge on any atom is 0.231 e. The van der Waals surface area contributed by atoms with Gasteiger partial charge in [-0.15, -0.1) is 0 Å². The number of ether oxygens (including phenoxy) is 9. The minimum Gasteiger partial charge on any atom is -0.497 e. The molecule has 0 unspecified atom stereocenters. The van der Waals surface area contributed by atoms with Crippen LogP contribution in [0.2, 0.25) is 0 Å². The molecule has 0 saturated carbocycles. The average molecular weight is 603 g/mol. The van der Waals surface area contributed by atoms with Crippen LogP contribution in [0.25, 0.3) is 0 Å². The summed E-state index contributed by atoms with van der Waals surface area (Å²) in [6.45, 7) is 0.184. The van der Waals surface area contributed by atoms with Crippen molar-refractivity contribution in [1.82, 2.24) is 0 Å². The van der Waals surface area contributed by atoms with Gasteiger partial charge in [0.15, 0.2) is 34.5 Å². The molecule has 1 aliphatic rings. The third-order valence-corrected chi connectivity index (χ3v) is 7.53. The van der Waals surface area contributed by atoms with Gasteiger partial charge >= 0.3 is 0 Å². The van der Waals surface area contributed by atoms with Gasteiger partial charge in [-0.25, -0.2) is 0 Å². The van der Waals surface area contributed by atoms with E-state index in [4.69, 9.17) is 42.6 Å². The lowest BCUT2D eigenvalue weighted by molar-refractivity contribution is 0.171. The third-order valence-electron chi connectivity index (χ3n) is 7.53. The highest BCUT2D eigenvalue weighted by Crippen LogP contribution is 2.45. The predicted octanol–water partition coefficient (Wildman–Crippen LogP) is 6.83. The Morgan fingerprint density at radius 1 is 0.523 bits per heavy atom. The first kappa shape index (κ1) is 30.5. The number of benzene rings is 4. The summed E-state index contributed by atoms with van der Waals surface area (Å²) < 4.78 is 51.4. The van der Waals surface area contributed by atoms with Crippen LogP contribution < -0.4 is 42.6 Å². The maximum atomic E-state index is 6.52. The largest absolute Gasteiger partial charge is 0.497 e. The summed E-state index contributed by atoms with van der Waals surface area (Å²) >= 11 is 0. The summed E-state index contributed by atoms with van der Waals surface area (Å²) in [5.74, 6) is 6.14. The van der Waals surface area contributed by atoms with E-state index in [1.165, 1.54) is 0 Å². The Labute approximate surface area is 258 Å². The molecule has 5 rings (SSSR count). The normalized spacial score (nSPS) is 11.6. The Bertz CT molecular complexity index is 1600. The summed E-state index contributed by atoms with van der Waals surface area (Å²) in [5.41, 5.74) is 4.19. The van der Waals surface area contributed by atoms with Crippen molar-refractivity contribution in [3.05, 3.63) is 82.9 Å². The van der Waals surface area contributed by atoms with Crippen molar-refractivity contribution < 1.29 is 42.6 Å². The molecule has 1 aliphatic heterocycles. The van der Waals surface area contributed by atoms with E-state index >= 15 is 0 Å². The zero-order chi connectivity index (χ0) is 31.1. The third kappa shape index (κ3) is 6.67. The molecule has 0 radical (unpaired) electrons. The second-order valence-corrected chi connectivity index (χ2v) is 10.1. The van der Waals surface area contributed by atoms with Gasteiger partial charge in [-0.2, -0.15) is 0 Å². The minimum absolute atomic E-state index is 0.184. The lowest BCUT2D eigenvalue weighted by Gasteiger charge is -2.19. The van der Waals surface area contributed by atoms with Gasteiger partial charge in [0.1, 0.15) is 11.5 Å². The molecule has 0 bridgehead atoms. The lowest BCUT2D eigenvalue weighted by atomic mass is 10.0. The van der Waals surface area contributed by atoms with Crippen molar-refractivity contribution in [2.45, 2.75) is 25.7 Å². The van der Waals surface area contributed by atoms with E-state index < -0.39 is 0 Å². The van der Waals surface area contributed by atoms with E-state index in [-0.39, 0.29) is 6.79 Å². The highest BCUT2D eigenvalue weighted by Gasteiger charge is 2.22. The van der Waals surface area contributed by atoms with Gasteiger partial charge in [-0.05, 0) is 90.4 Å². The molecule has 9 nitrogen and oxygen atoms in total. The van der Waals surface area contributed by atoms with E-state index in [1.807, 2.05) is 54.6 Å². The first-order valence-corrected chi connectivity index (χ1v) is 14.3. The summed E-state index contributed by atoms with van der Waals surface area (Å²) in [6.07, 6.45) is 2.93. The number of rotatable bonds is 14. The second kappa shape index (κ2) is 14.0. The highest BCUT2D eigenvalue weighted by molar-refractivity contribution is 5.59. The Morgan fingerprint density at radius 2 is 1.20 bits per heavy atom. The first-order chi connectivity index (χ1) is 21.5. The zero-order valence-electron chi connectivity index (χ0n) is 26.0. The van der Waals surface area contributed by atoms with Gasteiger partial charge in [-0.1, -0.05) is 12.1 Å². The molecule has 44 heavy (non-hydrogen) atoms. The molecule has 0 saturated heterocycles. The Balaban J connectivity index is 1.42. The number of hydrogen-bond donors (Lipinski definition) is 0. The molecule has 4 aromatic carbocycles. The van der Waals surface area contributed by atoms with Gasteiger partial charge in [-0.3, -0.25) is 0 Å². The molecule has 0 aliphatic carbocycles. The van der Waals surface area contributed by atoms with Gasteiger partial charge in [0, 0.05) is 6.07 Å². The smallest absolute Gasteiger partial charge is 0.231 e. The molecule has 4 aromatic rings. The van der Waals surface area contributed by atoms with Crippen LogP contribution in [0.3, 0.4) is 0 Å². The first-order valence-electron chi connectivity index (χ1n) is 14.3. The lowest BCUT2D eigenvalue weighted by Crippen LogP contribution is -2.01. The molecule has 0 spiro atoms. The van der Waals surface area contributed by atoms with Crippen LogP contribution in [-0.4, -0.2) is 49.5 Å². The van der Waals surface area contributed by atoms with Crippen LogP contribution in [0.15, 0.2) is 60.7 Å². The van der Waals surface area contributed by atoms with Crippen LogP contribution in [0.1, 0.15) is 22.3 Å². The fourth-order valence-electron chi connectivity index (χ4n) is 5.25. The van der Waals surface area contributed by atoms with Gasteiger partial charge in [0.2, 0.25) is 18.3 Å². The summed E-state index contributed by atoms with van der Waals surface area (Å²) in [4.78, 5) is 0. The van der Waals surface area contributed by atoms with Crippen molar-refractivity contribution >= 4 is 0 Å². The van der Waals surface area contributed by atoms with Crippen LogP contribution in [0.5, 0.6) is 57.5 Å². The van der Waals surface area contributed by atoms with Gasteiger partial charge in [0.25, 0.3) is 0 Å². The molecule has 1 heterocycles. The highest BCUT2D eigenvalue weighted by atomic mass is 16.7. The quantitative estimate of drug-likeness (QED) is 0.154. The van der Waals surface area contributed by atoms with Gasteiger partial charge in [0.05, 0.1) is 42.7 Å². The predicted molar refractivity (Wildman–Crippen MR) is 166 cm³/mol. The zero-order valence-corrected chi connectivity index (χ0v) is 26.0. The molecular formula is C35H38O9. The van der Waals surface area contributed by atoms with E-state index in [0.29, 0.717) is 52.4 Å². The van der Waals surface area contributed by atoms with Crippen molar-refractivity contribution in [3.8, 4) is 57.5 Å². The standard InChI is InChI=1S/C35H38O9/c1-36-26-9-7-8-22(14-26)12-13-25-19-29(28(38-3)20-27(25)37-2)44-33-18-24(15-30(39-4)34(33)41-6)11-10-23-16-31(40-5)35-32(17-23)42-21-43-35/h7-9,14-20H,10-13,21H2,1-6H3. The molecule has 0 aromatic heterocycles. The van der Waals surface area contributed by atoms with E-state index in [0.717, 1.165) is 53.0 Å². The van der Waals surface area contributed by atoms with Gasteiger partial charge < -0.3 is 42.6 Å². The Morgan fingerprint density at radius 3 is 1.91 bits per heavy atom. The van der Waals surface area contributed by atoms with E-state index in [1.54, 1.807) is 42.7 Å². The number of aryl methyl sites for hydroxylation is 4. The van der Waals surface area contributed by atoms with Crippen molar-refractivity contribution in [1.29, 1.82) is 0 Å². The average Bonchev–Trinajstić information content (AvgIpc) is 3.54. The Kier molecular flexibility index (Phi) is 9.74. The Hall–Kier alpha value is -4.92. The van der Waals surface area contributed by atoms with Crippen molar-refractivity contribution in [2.24, 2.45) is 0 Å². The monoisotopic (exact) mass is 602 g/mol. The summed E-state index contributed by atoms with van der Waals surface area (Å²) in [7, 11) is 9.74. The van der Waals surface area contributed by atoms with Crippen LogP contribution in [-0.2, 0) is 25.7 Å². The second-order valence-electron chi connectivity index (χ2n) is 10.1. The summed E-state index contributed by atoms with van der Waals surface area (Å²) in [5, 5.41) is 0. The van der Waals surface area contributed by atoms with E-state index in [9.17, 15) is 0 Å². The molecular weight excluding hydrogens is 564 g/mol. The molecule has 0 amide bonds. The van der Waals surface area contributed by atoms with Crippen LogP contribution in [0.4, 0.5) is 0 Å². The molecule has 232 valence electrons. The maximum absolute atomic E-state index is 6.52. The van der Waals surface area contributed by atoms with Crippen LogP contribution >= 0.6 is 0 Å². The molecule has 0 fully saturated rings. The van der Waals surface area contributed by atoms with Crippen LogP contribution in [0, 0.1) is 0 Å². The SMILES string of the molecule is COc1cccc(CCc2cc(Oc3cc(CCc4cc(OC)c5c(c4)OCO5)cc(OC)c3OC)c(OC)cc2OC)c1. The number of fused-ring (bicyclic) bond motifs is 1.